The fourth-order valence-electron chi connectivity index (χ4n) is 2.98. The quantitative estimate of drug-likeness (QED) is 0.454. The number of fused-ring (bicyclic) bond motifs is 4. The molecule has 0 bridgehead atoms. The van der Waals surface area contributed by atoms with Crippen LogP contribution in [0.2, 0.25) is 10.0 Å². The Balaban J connectivity index is 2.28. The largest absolute Gasteiger partial charge is 0.386 e. The van der Waals surface area contributed by atoms with Crippen molar-refractivity contribution < 1.29 is 19.1 Å². The number of carbonyl (C=O) groups excluding carboxylic acids is 3. The first kappa shape index (κ1) is 14.2. The molecule has 7 heteroatoms. The number of rotatable bonds is 0. The number of carbonyl (C=O) groups is 3. The number of cyclic esters (lactones) is 2. The molecule has 1 aliphatic rings. The molecule has 0 radical (unpaired) electrons. The summed E-state index contributed by atoms with van der Waals surface area (Å²) < 4.78 is 6.02. The zero-order valence-electron chi connectivity index (χ0n) is 11.6. The second-order valence-electron chi connectivity index (χ2n) is 5.23. The molecule has 4 rings (SSSR count). The number of benzene rings is 2. The number of esters is 2. The summed E-state index contributed by atoms with van der Waals surface area (Å²) in [5.74, 6) is -1.70. The maximum atomic E-state index is 12.1. The van der Waals surface area contributed by atoms with Crippen LogP contribution in [0.4, 0.5) is 0 Å². The number of aromatic nitrogens is 1. The Labute approximate surface area is 139 Å². The molecular weight excluding hydrogens is 341 g/mol. The summed E-state index contributed by atoms with van der Waals surface area (Å²) in [5, 5.41) is 1.92. The van der Waals surface area contributed by atoms with Gasteiger partial charge in [0.15, 0.2) is 0 Å². The normalized spacial score (nSPS) is 13.7. The molecule has 0 unspecified atom stereocenters. The Morgan fingerprint density at radius 3 is 2.30 bits per heavy atom. The first-order chi connectivity index (χ1) is 10.9. The minimum Gasteiger partial charge on any atom is -0.386 e. The van der Waals surface area contributed by atoms with Gasteiger partial charge < -0.3 is 4.74 Å². The summed E-state index contributed by atoms with van der Waals surface area (Å²) in [6.07, 6.45) is 0. The van der Waals surface area contributed by atoms with Gasteiger partial charge in [-0.15, -0.1) is 0 Å². The first-order valence-corrected chi connectivity index (χ1v) is 7.38. The molecule has 2 aromatic carbocycles. The van der Waals surface area contributed by atoms with E-state index in [0.717, 1.165) is 0 Å². The van der Waals surface area contributed by atoms with Gasteiger partial charge in [0.25, 0.3) is 0 Å². The molecule has 0 aliphatic carbocycles. The molecule has 23 heavy (non-hydrogen) atoms. The smallest absolute Gasteiger partial charge is 0.346 e. The number of ether oxygens (including phenoxy) is 1. The molecule has 0 amide bonds. The summed E-state index contributed by atoms with van der Waals surface area (Å²) in [6, 6.07) is 6.18. The van der Waals surface area contributed by atoms with Crippen LogP contribution < -0.4 is 0 Å². The summed E-state index contributed by atoms with van der Waals surface area (Å²) in [5.41, 5.74) is 1.29. The molecule has 2 heterocycles. The van der Waals surface area contributed by atoms with E-state index in [1.54, 1.807) is 12.1 Å². The van der Waals surface area contributed by atoms with Crippen LogP contribution in [-0.4, -0.2) is 22.4 Å². The molecule has 1 aliphatic heterocycles. The second-order valence-corrected chi connectivity index (χ2v) is 6.07. The lowest BCUT2D eigenvalue weighted by Crippen LogP contribution is -2.05. The van der Waals surface area contributed by atoms with Gasteiger partial charge in [-0.1, -0.05) is 23.2 Å². The van der Waals surface area contributed by atoms with Gasteiger partial charge in [0, 0.05) is 22.7 Å². The van der Waals surface area contributed by atoms with Crippen LogP contribution >= 0.6 is 23.2 Å². The van der Waals surface area contributed by atoms with Crippen molar-refractivity contribution in [1.82, 2.24) is 4.57 Å². The molecule has 5 nitrogen and oxygen atoms in total. The zero-order valence-corrected chi connectivity index (χ0v) is 13.2. The van der Waals surface area contributed by atoms with Gasteiger partial charge in [-0.3, -0.25) is 9.36 Å². The highest BCUT2D eigenvalue weighted by molar-refractivity contribution is 6.41. The topological polar surface area (TPSA) is 65.4 Å². The van der Waals surface area contributed by atoms with Crippen molar-refractivity contribution >= 4 is 62.9 Å². The van der Waals surface area contributed by atoms with Crippen LogP contribution in [0.3, 0.4) is 0 Å². The van der Waals surface area contributed by atoms with Gasteiger partial charge >= 0.3 is 11.9 Å². The molecule has 0 spiro atoms. The molecule has 0 saturated carbocycles. The highest BCUT2D eigenvalue weighted by Crippen LogP contribution is 2.38. The van der Waals surface area contributed by atoms with Gasteiger partial charge in [-0.2, -0.15) is 0 Å². The number of hydrogen-bond donors (Lipinski definition) is 0. The molecule has 0 N–H and O–H groups in total. The van der Waals surface area contributed by atoms with Gasteiger partial charge in [0.1, 0.15) is 0 Å². The first-order valence-electron chi connectivity index (χ1n) is 6.63. The fraction of sp³-hybridized carbons (Fsp3) is 0.0625. The lowest BCUT2D eigenvalue weighted by atomic mass is 10.0. The maximum Gasteiger partial charge on any atom is 0.346 e. The van der Waals surface area contributed by atoms with E-state index >= 15 is 0 Å². The van der Waals surface area contributed by atoms with E-state index in [4.69, 9.17) is 23.2 Å². The molecule has 3 aromatic rings. The number of hydrogen-bond acceptors (Lipinski definition) is 4. The van der Waals surface area contributed by atoms with Gasteiger partial charge in [0.05, 0.1) is 27.2 Å². The average molecular weight is 348 g/mol. The molecule has 114 valence electrons. The Bertz CT molecular complexity index is 1080. The minimum absolute atomic E-state index is 0.134. The van der Waals surface area contributed by atoms with Crippen molar-refractivity contribution in [3.05, 3.63) is 45.4 Å². The maximum absolute atomic E-state index is 12.1. The standard InChI is InChI=1S/C16H7Cl2NO4/c1-6(20)19-12-5-9-8(15(21)23-16(9)22)4-10(12)14-11(18)2-7(17)3-13(14)19/h2-5H,1H3. The van der Waals surface area contributed by atoms with Crippen molar-refractivity contribution in [3.63, 3.8) is 0 Å². The average Bonchev–Trinajstić information content (AvgIpc) is 2.91. The third-order valence-corrected chi connectivity index (χ3v) is 4.38. The SMILES string of the molecule is CC(=O)n1c2cc3c(cc2c2c(Cl)cc(Cl)cc21)C(=O)OC3=O. The van der Waals surface area contributed by atoms with Gasteiger partial charge in [0.2, 0.25) is 5.91 Å². The van der Waals surface area contributed by atoms with E-state index in [9.17, 15) is 14.4 Å². The zero-order chi connectivity index (χ0) is 16.5. The predicted molar refractivity (Wildman–Crippen MR) is 85.5 cm³/mol. The van der Waals surface area contributed by atoms with Crippen molar-refractivity contribution in [2.24, 2.45) is 0 Å². The van der Waals surface area contributed by atoms with E-state index in [1.807, 2.05) is 0 Å². The Hall–Kier alpha value is -2.37. The highest BCUT2D eigenvalue weighted by Gasteiger charge is 2.32. The number of halogens is 2. The van der Waals surface area contributed by atoms with Crippen LogP contribution in [0.5, 0.6) is 0 Å². The van der Waals surface area contributed by atoms with E-state index < -0.39 is 11.9 Å². The molecule has 0 atom stereocenters. The van der Waals surface area contributed by atoms with E-state index in [0.29, 0.717) is 31.9 Å². The van der Waals surface area contributed by atoms with Crippen LogP contribution in [0.1, 0.15) is 32.4 Å². The van der Waals surface area contributed by atoms with Crippen molar-refractivity contribution in [1.29, 1.82) is 0 Å². The fourth-order valence-corrected chi connectivity index (χ4v) is 3.56. The molecule has 0 saturated heterocycles. The Kier molecular flexibility index (Phi) is 2.83. The van der Waals surface area contributed by atoms with Crippen LogP contribution in [-0.2, 0) is 4.74 Å². The Morgan fingerprint density at radius 1 is 1.00 bits per heavy atom. The molecule has 0 fully saturated rings. The summed E-state index contributed by atoms with van der Waals surface area (Å²) in [4.78, 5) is 35.6. The van der Waals surface area contributed by atoms with E-state index in [2.05, 4.69) is 4.74 Å². The van der Waals surface area contributed by atoms with Crippen LogP contribution in [0.25, 0.3) is 21.8 Å². The lowest BCUT2D eigenvalue weighted by Gasteiger charge is -2.02. The number of nitrogens with zero attached hydrogens (tertiary/aromatic N) is 1. The van der Waals surface area contributed by atoms with Crippen molar-refractivity contribution in [2.45, 2.75) is 6.92 Å². The summed E-state index contributed by atoms with van der Waals surface area (Å²) in [6.45, 7) is 1.39. The summed E-state index contributed by atoms with van der Waals surface area (Å²) >= 11 is 12.3. The highest BCUT2D eigenvalue weighted by atomic mass is 35.5. The molecular formula is C16H7Cl2NO4. The lowest BCUT2D eigenvalue weighted by molar-refractivity contribution is 0.0443. The third kappa shape index (κ3) is 1.84. The summed E-state index contributed by atoms with van der Waals surface area (Å²) in [7, 11) is 0. The Morgan fingerprint density at radius 2 is 1.65 bits per heavy atom. The second kappa shape index (κ2) is 4.57. The van der Waals surface area contributed by atoms with E-state index in [1.165, 1.54) is 23.6 Å². The van der Waals surface area contributed by atoms with Crippen LogP contribution in [0, 0.1) is 0 Å². The van der Waals surface area contributed by atoms with E-state index in [-0.39, 0.29) is 17.0 Å². The van der Waals surface area contributed by atoms with Gasteiger partial charge in [-0.25, -0.2) is 9.59 Å². The van der Waals surface area contributed by atoms with Gasteiger partial charge in [-0.05, 0) is 24.3 Å². The molecule has 1 aromatic heterocycles. The third-order valence-electron chi connectivity index (χ3n) is 3.86. The minimum atomic E-state index is -0.726. The monoisotopic (exact) mass is 347 g/mol. The van der Waals surface area contributed by atoms with Crippen molar-refractivity contribution in [3.8, 4) is 0 Å². The van der Waals surface area contributed by atoms with Crippen LogP contribution in [0.15, 0.2) is 24.3 Å². The van der Waals surface area contributed by atoms with Crippen molar-refractivity contribution in [2.75, 3.05) is 0 Å². The predicted octanol–water partition coefficient (Wildman–Crippen LogP) is 4.07.